The van der Waals surface area contributed by atoms with Crippen LogP contribution >= 0.6 is 23.2 Å². The maximum atomic E-state index is 11.9. The van der Waals surface area contributed by atoms with Gasteiger partial charge in [0.1, 0.15) is 11.5 Å². The Bertz CT molecular complexity index is 1040. The van der Waals surface area contributed by atoms with Crippen molar-refractivity contribution in [2.45, 2.75) is 13.3 Å². The number of ether oxygens (including phenoxy) is 3. The van der Waals surface area contributed by atoms with Crippen molar-refractivity contribution < 1.29 is 28.6 Å². The molecule has 0 unspecified atom stereocenters. The molecule has 0 fully saturated rings. The zero-order valence-electron chi connectivity index (χ0n) is 17.3. The number of carbonyl (C=O) groups excluding carboxylic acids is 3. The molecule has 0 atom stereocenters. The Labute approximate surface area is 193 Å². The van der Waals surface area contributed by atoms with Crippen molar-refractivity contribution >= 4 is 58.6 Å². The summed E-state index contributed by atoms with van der Waals surface area (Å²) >= 11 is 11.9. The Morgan fingerprint density at radius 1 is 0.906 bits per heavy atom. The summed E-state index contributed by atoms with van der Waals surface area (Å²) in [5.74, 6) is 0.184. The van der Waals surface area contributed by atoms with Gasteiger partial charge in [0.25, 0.3) is 0 Å². The van der Waals surface area contributed by atoms with E-state index in [0.29, 0.717) is 27.2 Å². The summed E-state index contributed by atoms with van der Waals surface area (Å²) in [4.78, 5) is 38.8. The summed E-state index contributed by atoms with van der Waals surface area (Å²) in [6.45, 7) is 1.69. The molecule has 0 aromatic heterocycles. The van der Waals surface area contributed by atoms with Crippen molar-refractivity contribution in [3.05, 3.63) is 46.4 Å². The molecule has 3 N–H and O–H groups in total. The first kappa shape index (κ1) is 24.8. The molecule has 170 valence electrons. The van der Waals surface area contributed by atoms with Crippen molar-refractivity contribution in [2.75, 3.05) is 24.9 Å². The molecule has 0 heterocycles. The Morgan fingerprint density at radius 3 is 2.22 bits per heavy atom. The fourth-order valence-electron chi connectivity index (χ4n) is 2.21. The van der Waals surface area contributed by atoms with Gasteiger partial charge in [-0.1, -0.05) is 30.1 Å². The predicted octanol–water partition coefficient (Wildman–Crippen LogP) is 5.02. The van der Waals surface area contributed by atoms with Gasteiger partial charge in [0, 0.05) is 18.6 Å². The average Bonchev–Trinajstić information content (AvgIpc) is 2.77. The minimum atomic E-state index is -0.980. The maximum absolute atomic E-state index is 11.9. The van der Waals surface area contributed by atoms with E-state index in [4.69, 9.17) is 27.9 Å². The van der Waals surface area contributed by atoms with E-state index in [1.54, 1.807) is 31.2 Å². The number of anilines is 2. The maximum Gasteiger partial charge on any atom is 0.436 e. The highest BCUT2D eigenvalue weighted by Gasteiger charge is 2.14. The summed E-state index contributed by atoms with van der Waals surface area (Å²) < 4.78 is 14.8. The largest absolute Gasteiger partial charge is 0.457 e. The van der Waals surface area contributed by atoms with Gasteiger partial charge in [0.15, 0.2) is 0 Å². The lowest BCUT2D eigenvalue weighted by atomic mass is 10.2. The number of nitrogens with zero attached hydrogens (tertiary/aromatic N) is 1. The van der Waals surface area contributed by atoms with Gasteiger partial charge in [-0.3, -0.25) is 10.1 Å². The third-order valence-corrected chi connectivity index (χ3v) is 4.49. The number of hydrogen-bond donors (Lipinski definition) is 3. The van der Waals surface area contributed by atoms with Gasteiger partial charge in [0.2, 0.25) is 11.9 Å². The number of methoxy groups -OCH3 is 2. The van der Waals surface area contributed by atoms with E-state index in [-0.39, 0.29) is 24.0 Å². The highest BCUT2D eigenvalue weighted by atomic mass is 35.5. The van der Waals surface area contributed by atoms with Gasteiger partial charge in [-0.25, -0.2) is 9.59 Å². The molecule has 2 rings (SSSR count). The second-order valence-electron chi connectivity index (χ2n) is 5.96. The van der Waals surface area contributed by atoms with E-state index < -0.39 is 12.2 Å². The van der Waals surface area contributed by atoms with Crippen molar-refractivity contribution in [1.82, 2.24) is 5.32 Å². The number of aliphatic imine (C=N–C) groups is 1. The third-order valence-electron chi connectivity index (χ3n) is 3.75. The summed E-state index contributed by atoms with van der Waals surface area (Å²) in [5, 5.41) is 8.38. The number of benzene rings is 2. The number of rotatable bonds is 5. The van der Waals surface area contributed by atoms with E-state index >= 15 is 0 Å². The molecule has 2 aromatic carbocycles. The lowest BCUT2D eigenvalue weighted by molar-refractivity contribution is -0.115. The van der Waals surface area contributed by atoms with E-state index in [9.17, 15) is 14.4 Å². The van der Waals surface area contributed by atoms with Gasteiger partial charge in [0.05, 0.1) is 35.6 Å². The molecule has 0 bridgehead atoms. The quantitative estimate of drug-likeness (QED) is 0.402. The number of nitrogens with one attached hydrogen (secondary N) is 3. The molecule has 10 nitrogen and oxygen atoms in total. The number of halogens is 2. The van der Waals surface area contributed by atoms with Crippen LogP contribution in [-0.2, 0) is 14.3 Å². The summed E-state index contributed by atoms with van der Waals surface area (Å²) in [6, 6.07) is 9.42. The van der Waals surface area contributed by atoms with E-state index in [1.807, 2.05) is 0 Å². The van der Waals surface area contributed by atoms with Crippen LogP contribution in [0, 0.1) is 0 Å². The van der Waals surface area contributed by atoms with Crippen LogP contribution < -0.4 is 20.7 Å². The number of carbonyl (C=O) groups is 3. The van der Waals surface area contributed by atoms with Gasteiger partial charge < -0.3 is 24.8 Å². The molecule has 2 aromatic rings. The van der Waals surface area contributed by atoms with Crippen LogP contribution in [0.5, 0.6) is 11.5 Å². The van der Waals surface area contributed by atoms with Crippen molar-refractivity contribution in [3.63, 3.8) is 0 Å². The Kier molecular flexibility index (Phi) is 9.11. The SMILES string of the molecule is CCC(=O)Nc1ccc(Oc2ccc(Cl)c(Cl)c2)cc1NC(=NC(=O)OC)NC(=O)OC. The molecule has 0 spiro atoms. The minimum absolute atomic E-state index is 0.227. The number of alkyl carbamates (subject to hydrolysis) is 1. The molecule has 0 aliphatic carbocycles. The molecule has 0 radical (unpaired) electrons. The Morgan fingerprint density at radius 2 is 1.59 bits per heavy atom. The van der Waals surface area contributed by atoms with Crippen LogP contribution in [0.15, 0.2) is 41.4 Å². The molecule has 0 aliphatic rings. The first-order valence-electron chi connectivity index (χ1n) is 9.11. The van der Waals surface area contributed by atoms with Gasteiger partial charge in [-0.15, -0.1) is 4.99 Å². The first-order chi connectivity index (χ1) is 15.2. The molecule has 0 aliphatic heterocycles. The molecule has 32 heavy (non-hydrogen) atoms. The van der Waals surface area contributed by atoms with Crippen molar-refractivity contribution in [1.29, 1.82) is 0 Å². The van der Waals surface area contributed by atoms with E-state index in [1.165, 1.54) is 12.1 Å². The Balaban J connectivity index is 2.41. The molecule has 0 saturated heterocycles. The highest BCUT2D eigenvalue weighted by molar-refractivity contribution is 6.42. The highest BCUT2D eigenvalue weighted by Crippen LogP contribution is 2.33. The predicted molar refractivity (Wildman–Crippen MR) is 121 cm³/mol. The zero-order chi connectivity index (χ0) is 23.7. The molecule has 12 heteroatoms. The van der Waals surface area contributed by atoms with Crippen LogP contribution in [0.25, 0.3) is 0 Å². The molecular weight excluding hydrogens is 463 g/mol. The van der Waals surface area contributed by atoms with Gasteiger partial charge in [-0.2, -0.15) is 0 Å². The molecule has 3 amide bonds. The number of guanidine groups is 1. The van der Waals surface area contributed by atoms with Crippen LogP contribution in [-0.4, -0.2) is 38.3 Å². The van der Waals surface area contributed by atoms with Crippen LogP contribution in [0.1, 0.15) is 13.3 Å². The van der Waals surface area contributed by atoms with E-state index in [2.05, 4.69) is 30.4 Å². The van der Waals surface area contributed by atoms with Crippen LogP contribution in [0.4, 0.5) is 21.0 Å². The third kappa shape index (κ3) is 7.33. The van der Waals surface area contributed by atoms with E-state index in [0.717, 1.165) is 14.2 Å². The average molecular weight is 483 g/mol. The number of amides is 3. The zero-order valence-corrected chi connectivity index (χ0v) is 18.8. The Hall–Kier alpha value is -3.50. The van der Waals surface area contributed by atoms with Crippen molar-refractivity contribution in [3.8, 4) is 11.5 Å². The standard InChI is InChI=1S/C20H20Cl2N4O6/c1-4-17(27)23-15-8-6-12(32-11-5-7-13(21)14(22)9-11)10-16(15)24-18(25-19(28)30-2)26-20(29)31-3/h5-10H,4H2,1-3H3,(H,23,27)(H2,24,25,26,28,29). The summed E-state index contributed by atoms with van der Waals surface area (Å²) in [5.41, 5.74) is 0.589. The van der Waals surface area contributed by atoms with Crippen LogP contribution in [0.3, 0.4) is 0 Å². The normalized spacial score (nSPS) is 10.7. The summed E-state index contributed by atoms with van der Waals surface area (Å²) in [6.07, 6.45) is -1.64. The smallest absolute Gasteiger partial charge is 0.436 e. The lowest BCUT2D eigenvalue weighted by Gasteiger charge is -2.16. The topological polar surface area (TPSA) is 127 Å². The lowest BCUT2D eigenvalue weighted by Crippen LogP contribution is -2.36. The van der Waals surface area contributed by atoms with Crippen LogP contribution in [0.2, 0.25) is 10.0 Å². The first-order valence-corrected chi connectivity index (χ1v) is 9.86. The summed E-state index contributed by atoms with van der Waals surface area (Å²) in [7, 11) is 2.27. The number of hydrogen-bond acceptors (Lipinski definition) is 6. The fraction of sp³-hybridized carbons (Fsp3) is 0.200. The molecule has 0 saturated carbocycles. The second-order valence-corrected chi connectivity index (χ2v) is 6.77. The van der Waals surface area contributed by atoms with Crippen molar-refractivity contribution in [2.24, 2.45) is 4.99 Å². The second kappa shape index (κ2) is 11.8. The monoisotopic (exact) mass is 482 g/mol. The fourth-order valence-corrected chi connectivity index (χ4v) is 2.50. The minimum Gasteiger partial charge on any atom is -0.457 e. The van der Waals surface area contributed by atoms with Gasteiger partial charge in [-0.05, 0) is 24.3 Å². The molecular formula is C20H20Cl2N4O6. The van der Waals surface area contributed by atoms with Gasteiger partial charge >= 0.3 is 12.2 Å².